The van der Waals surface area contributed by atoms with Crippen LogP contribution < -0.4 is 0 Å². The number of carboxylic acids is 2. The Balaban J connectivity index is 0. The molecular formula is C33H62O9. The number of aliphatic hydroxyl groups is 3. The van der Waals surface area contributed by atoms with E-state index >= 15 is 0 Å². The molecule has 0 aromatic heterocycles. The van der Waals surface area contributed by atoms with Crippen molar-refractivity contribution in [3.63, 3.8) is 0 Å². The van der Waals surface area contributed by atoms with Gasteiger partial charge in [-0.05, 0) is 44.9 Å². The molecule has 0 aliphatic carbocycles. The summed E-state index contributed by atoms with van der Waals surface area (Å²) in [5, 5.41) is 44.4. The first-order valence-electron chi connectivity index (χ1n) is 16.4. The van der Waals surface area contributed by atoms with Gasteiger partial charge in [0.05, 0.1) is 12.7 Å². The molecule has 0 saturated heterocycles. The van der Waals surface area contributed by atoms with Gasteiger partial charge in [-0.15, -0.1) is 0 Å². The van der Waals surface area contributed by atoms with E-state index in [0.29, 0.717) is 6.42 Å². The molecule has 0 saturated carbocycles. The summed E-state index contributed by atoms with van der Waals surface area (Å²) < 4.78 is 4.84. The van der Waals surface area contributed by atoms with E-state index in [9.17, 15) is 19.5 Å². The molecule has 42 heavy (non-hydrogen) atoms. The van der Waals surface area contributed by atoms with Gasteiger partial charge in [0.1, 0.15) is 12.7 Å². The largest absolute Gasteiger partial charge is 0.481 e. The SMILES string of the molecule is CCCCCC[C@@H](O)C/C=C\CCCCCCCC(=O)OCC(O)CO.O=C(O)CCCCCCCCCCC(=O)O. The molecule has 0 heterocycles. The normalized spacial score (nSPS) is 12.5. The van der Waals surface area contributed by atoms with Crippen LogP contribution in [0.5, 0.6) is 0 Å². The fraction of sp³-hybridized carbons (Fsp3) is 0.848. The minimum atomic E-state index is -0.978. The zero-order valence-electron chi connectivity index (χ0n) is 26.4. The highest BCUT2D eigenvalue weighted by molar-refractivity contribution is 5.69. The van der Waals surface area contributed by atoms with Crippen molar-refractivity contribution in [3.8, 4) is 0 Å². The van der Waals surface area contributed by atoms with E-state index < -0.39 is 18.0 Å². The van der Waals surface area contributed by atoms with Crippen LogP contribution in [0.4, 0.5) is 0 Å². The average Bonchev–Trinajstić information content (AvgIpc) is 2.96. The Kier molecular flexibility index (Phi) is 33.7. The van der Waals surface area contributed by atoms with Crippen molar-refractivity contribution in [3.05, 3.63) is 12.2 Å². The van der Waals surface area contributed by atoms with Crippen molar-refractivity contribution in [2.75, 3.05) is 13.2 Å². The fourth-order valence-corrected chi connectivity index (χ4v) is 4.28. The van der Waals surface area contributed by atoms with Gasteiger partial charge in [-0.2, -0.15) is 0 Å². The molecule has 0 spiro atoms. The number of ether oxygens (including phenoxy) is 1. The number of aliphatic hydroxyl groups excluding tert-OH is 3. The molecule has 0 aromatic carbocycles. The Labute approximate surface area is 254 Å². The van der Waals surface area contributed by atoms with E-state index in [1.165, 1.54) is 19.3 Å². The van der Waals surface area contributed by atoms with Crippen LogP contribution in [0.15, 0.2) is 12.2 Å². The van der Waals surface area contributed by atoms with Crippen LogP contribution in [0, 0.1) is 0 Å². The zero-order chi connectivity index (χ0) is 31.7. The van der Waals surface area contributed by atoms with Crippen molar-refractivity contribution < 1.29 is 44.7 Å². The lowest BCUT2D eigenvalue weighted by Crippen LogP contribution is -2.21. The summed E-state index contributed by atoms with van der Waals surface area (Å²) in [4.78, 5) is 31.8. The number of unbranched alkanes of at least 4 members (excludes halogenated alkanes) is 15. The van der Waals surface area contributed by atoms with E-state index in [2.05, 4.69) is 19.1 Å². The summed E-state index contributed by atoms with van der Waals surface area (Å²) in [5.41, 5.74) is 0. The molecule has 9 heteroatoms. The summed E-state index contributed by atoms with van der Waals surface area (Å²) >= 11 is 0. The monoisotopic (exact) mass is 602 g/mol. The number of carboxylic acid groups (broad SMARTS) is 2. The molecule has 0 amide bonds. The predicted octanol–water partition coefficient (Wildman–Crippen LogP) is 6.95. The summed E-state index contributed by atoms with van der Waals surface area (Å²) in [6.45, 7) is 1.68. The van der Waals surface area contributed by atoms with Crippen LogP contribution in [-0.2, 0) is 19.1 Å². The summed E-state index contributed by atoms with van der Waals surface area (Å²) in [6.07, 6.45) is 24.7. The van der Waals surface area contributed by atoms with Crippen LogP contribution in [0.3, 0.4) is 0 Å². The molecule has 5 N–H and O–H groups in total. The van der Waals surface area contributed by atoms with Gasteiger partial charge in [0.25, 0.3) is 0 Å². The second-order valence-electron chi connectivity index (χ2n) is 11.2. The molecule has 0 fully saturated rings. The van der Waals surface area contributed by atoms with Crippen LogP contribution >= 0.6 is 0 Å². The molecular weight excluding hydrogens is 540 g/mol. The third kappa shape index (κ3) is 38.0. The fourth-order valence-electron chi connectivity index (χ4n) is 4.28. The quantitative estimate of drug-likeness (QED) is 0.0346. The van der Waals surface area contributed by atoms with Gasteiger partial charge in [-0.25, -0.2) is 0 Å². The van der Waals surface area contributed by atoms with Crippen molar-refractivity contribution in [2.24, 2.45) is 0 Å². The van der Waals surface area contributed by atoms with E-state index in [0.717, 1.165) is 109 Å². The number of esters is 1. The molecule has 0 aromatic rings. The maximum Gasteiger partial charge on any atom is 0.305 e. The molecule has 1 unspecified atom stereocenters. The zero-order valence-corrected chi connectivity index (χ0v) is 26.4. The molecule has 0 radical (unpaired) electrons. The highest BCUT2D eigenvalue weighted by Gasteiger charge is 2.07. The van der Waals surface area contributed by atoms with Crippen LogP contribution in [0.2, 0.25) is 0 Å². The van der Waals surface area contributed by atoms with E-state index in [1.54, 1.807) is 0 Å². The maximum absolute atomic E-state index is 11.4. The number of allylic oxidation sites excluding steroid dienone is 1. The van der Waals surface area contributed by atoms with Crippen molar-refractivity contribution in [2.45, 2.75) is 167 Å². The third-order valence-electron chi connectivity index (χ3n) is 6.90. The van der Waals surface area contributed by atoms with Gasteiger partial charge in [0.15, 0.2) is 0 Å². The lowest BCUT2D eigenvalue weighted by molar-refractivity contribution is -0.147. The van der Waals surface area contributed by atoms with Crippen LogP contribution in [0.25, 0.3) is 0 Å². The molecule has 9 nitrogen and oxygen atoms in total. The second kappa shape index (κ2) is 33.5. The maximum atomic E-state index is 11.4. The molecule has 248 valence electrons. The van der Waals surface area contributed by atoms with Gasteiger partial charge >= 0.3 is 17.9 Å². The van der Waals surface area contributed by atoms with Gasteiger partial charge in [0, 0.05) is 19.3 Å². The van der Waals surface area contributed by atoms with Crippen molar-refractivity contribution in [1.82, 2.24) is 0 Å². The number of carbonyl (C=O) groups is 3. The lowest BCUT2D eigenvalue weighted by Gasteiger charge is -2.08. The Bertz CT molecular complexity index is 629. The van der Waals surface area contributed by atoms with Crippen LogP contribution in [0.1, 0.15) is 155 Å². The summed E-state index contributed by atoms with van der Waals surface area (Å²) in [6, 6.07) is 0. The minimum absolute atomic E-state index is 0.130. The molecule has 2 atom stereocenters. The third-order valence-corrected chi connectivity index (χ3v) is 6.90. The summed E-state index contributed by atoms with van der Waals surface area (Å²) in [5.74, 6) is -1.74. The molecule has 0 aliphatic heterocycles. The van der Waals surface area contributed by atoms with Crippen molar-refractivity contribution >= 4 is 17.9 Å². The highest BCUT2D eigenvalue weighted by atomic mass is 16.5. The first-order valence-corrected chi connectivity index (χ1v) is 16.4. The van der Waals surface area contributed by atoms with Crippen molar-refractivity contribution in [1.29, 1.82) is 0 Å². The van der Waals surface area contributed by atoms with E-state index in [4.69, 9.17) is 25.2 Å². The predicted molar refractivity (Wildman–Crippen MR) is 166 cm³/mol. The standard InChI is InChI=1S/C21H40O5.C12H22O4/c1-2-3-4-11-14-19(23)15-12-9-7-5-6-8-10-13-16-21(25)26-18-20(24)17-22;13-11(14)9-7-5-3-1-2-4-6-8-10-12(15)16/h9,12,19-20,22-24H,2-8,10-11,13-18H2,1H3;1-10H2,(H,13,14)(H,15,16)/b12-9-;/t19-,20?;/m1./s1. The Hall–Kier alpha value is -1.97. The second-order valence-corrected chi connectivity index (χ2v) is 11.2. The lowest BCUT2D eigenvalue weighted by atomic mass is 10.1. The Morgan fingerprint density at radius 1 is 0.619 bits per heavy atom. The number of aliphatic carboxylic acids is 2. The van der Waals surface area contributed by atoms with E-state index in [1.807, 2.05) is 0 Å². The van der Waals surface area contributed by atoms with E-state index in [-0.39, 0.29) is 38.1 Å². The number of carbonyl (C=O) groups excluding carboxylic acids is 1. The number of hydrogen-bond donors (Lipinski definition) is 5. The first-order chi connectivity index (χ1) is 20.2. The summed E-state index contributed by atoms with van der Waals surface area (Å²) in [7, 11) is 0. The van der Waals surface area contributed by atoms with Gasteiger partial charge < -0.3 is 30.3 Å². The topological polar surface area (TPSA) is 162 Å². The Morgan fingerprint density at radius 3 is 1.60 bits per heavy atom. The number of rotatable bonds is 29. The minimum Gasteiger partial charge on any atom is -0.481 e. The Morgan fingerprint density at radius 2 is 1.10 bits per heavy atom. The smallest absolute Gasteiger partial charge is 0.305 e. The highest BCUT2D eigenvalue weighted by Crippen LogP contribution is 2.12. The first kappa shape index (κ1) is 42.2. The van der Waals surface area contributed by atoms with Gasteiger partial charge in [-0.3, -0.25) is 14.4 Å². The number of hydrogen-bond acceptors (Lipinski definition) is 7. The molecule has 0 aliphatic rings. The van der Waals surface area contributed by atoms with Gasteiger partial charge in [0.2, 0.25) is 0 Å². The molecule has 0 bridgehead atoms. The van der Waals surface area contributed by atoms with Crippen LogP contribution in [-0.4, -0.2) is 68.9 Å². The molecule has 0 rings (SSSR count). The average molecular weight is 603 g/mol. The van der Waals surface area contributed by atoms with Gasteiger partial charge in [-0.1, -0.05) is 103 Å².